The van der Waals surface area contributed by atoms with Crippen molar-refractivity contribution in [3.63, 3.8) is 0 Å². The molecule has 0 unspecified atom stereocenters. The molecule has 0 aromatic heterocycles. The standard InChI is InChI=1S/C27H25FN2O5S/c1-34-18-17-30(27(31)29-26-8-4-6-21-5-2-3-7-25(21)26)19-20-9-13-23(14-10-20)35-36(32,33)24-15-11-22(28)12-16-24/h2-16H,17-19H2,1H3,(H,29,31). The topological polar surface area (TPSA) is 84.9 Å². The van der Waals surface area contributed by atoms with Crippen molar-refractivity contribution >= 4 is 32.6 Å². The van der Waals surface area contributed by atoms with Crippen LogP contribution < -0.4 is 9.50 Å². The Labute approximate surface area is 209 Å². The molecule has 0 bridgehead atoms. The predicted octanol–water partition coefficient (Wildman–Crippen LogP) is 5.43. The van der Waals surface area contributed by atoms with Crippen molar-refractivity contribution < 1.29 is 26.5 Å². The second-order valence-corrected chi connectivity index (χ2v) is 9.55. The van der Waals surface area contributed by atoms with Crippen molar-refractivity contribution in [2.45, 2.75) is 11.4 Å². The number of amides is 2. The number of carbonyl (C=O) groups excluding carboxylic acids is 1. The van der Waals surface area contributed by atoms with Gasteiger partial charge in [0.15, 0.2) is 0 Å². The van der Waals surface area contributed by atoms with Crippen LogP contribution in [0.4, 0.5) is 14.9 Å². The minimum Gasteiger partial charge on any atom is -0.383 e. The van der Waals surface area contributed by atoms with Gasteiger partial charge < -0.3 is 19.1 Å². The van der Waals surface area contributed by atoms with Gasteiger partial charge in [0.2, 0.25) is 0 Å². The molecule has 7 nitrogen and oxygen atoms in total. The van der Waals surface area contributed by atoms with Crippen molar-refractivity contribution in [2.75, 3.05) is 25.6 Å². The Morgan fingerprint density at radius 2 is 1.61 bits per heavy atom. The number of hydrogen-bond acceptors (Lipinski definition) is 5. The van der Waals surface area contributed by atoms with Crippen LogP contribution in [-0.2, 0) is 21.4 Å². The van der Waals surface area contributed by atoms with Gasteiger partial charge in [0.1, 0.15) is 16.5 Å². The van der Waals surface area contributed by atoms with Gasteiger partial charge in [-0.1, -0.05) is 48.5 Å². The number of anilines is 1. The van der Waals surface area contributed by atoms with Crippen molar-refractivity contribution in [3.05, 3.63) is 102 Å². The lowest BCUT2D eigenvalue weighted by Gasteiger charge is -2.23. The maximum absolute atomic E-state index is 13.1. The van der Waals surface area contributed by atoms with Crippen molar-refractivity contribution in [3.8, 4) is 5.75 Å². The number of nitrogens with zero attached hydrogens (tertiary/aromatic N) is 1. The Hall–Kier alpha value is -3.95. The van der Waals surface area contributed by atoms with E-state index in [1.807, 2.05) is 42.5 Å². The zero-order valence-corrected chi connectivity index (χ0v) is 20.4. The van der Waals surface area contributed by atoms with Crippen LogP contribution in [0.25, 0.3) is 10.8 Å². The summed E-state index contributed by atoms with van der Waals surface area (Å²) in [5.41, 5.74) is 1.47. The van der Waals surface area contributed by atoms with Gasteiger partial charge in [-0.2, -0.15) is 8.42 Å². The summed E-state index contributed by atoms with van der Waals surface area (Å²) in [6.45, 7) is 0.968. The number of nitrogens with one attached hydrogen (secondary N) is 1. The average Bonchev–Trinajstić information content (AvgIpc) is 2.88. The van der Waals surface area contributed by atoms with Crippen LogP contribution in [0.1, 0.15) is 5.56 Å². The van der Waals surface area contributed by atoms with Gasteiger partial charge in [0, 0.05) is 25.6 Å². The number of hydrogen-bond donors (Lipinski definition) is 1. The molecule has 0 aliphatic rings. The summed E-state index contributed by atoms with van der Waals surface area (Å²) >= 11 is 0. The molecule has 0 aliphatic heterocycles. The van der Waals surface area contributed by atoms with Crippen molar-refractivity contribution in [1.29, 1.82) is 0 Å². The summed E-state index contributed by atoms with van der Waals surface area (Å²) < 4.78 is 48.3. The molecule has 0 saturated heterocycles. The van der Waals surface area contributed by atoms with Crippen LogP contribution in [-0.4, -0.2) is 39.6 Å². The first-order chi connectivity index (χ1) is 17.4. The lowest BCUT2D eigenvalue weighted by atomic mass is 10.1. The largest absolute Gasteiger partial charge is 0.383 e. The zero-order chi connectivity index (χ0) is 25.5. The third kappa shape index (κ3) is 6.18. The zero-order valence-electron chi connectivity index (χ0n) is 19.6. The van der Waals surface area contributed by atoms with Crippen LogP contribution >= 0.6 is 0 Å². The quantitative estimate of drug-likeness (QED) is 0.305. The minimum absolute atomic E-state index is 0.103. The molecule has 0 aliphatic carbocycles. The molecule has 9 heteroatoms. The van der Waals surface area contributed by atoms with Gasteiger partial charge in [-0.3, -0.25) is 0 Å². The molecule has 4 aromatic rings. The summed E-state index contributed by atoms with van der Waals surface area (Å²) in [5, 5.41) is 4.93. The summed E-state index contributed by atoms with van der Waals surface area (Å²) in [6, 6.07) is 24.0. The van der Waals surface area contributed by atoms with Gasteiger partial charge >= 0.3 is 16.1 Å². The molecule has 186 valence electrons. The number of ether oxygens (including phenoxy) is 1. The van der Waals surface area contributed by atoms with E-state index < -0.39 is 15.9 Å². The van der Waals surface area contributed by atoms with E-state index in [4.69, 9.17) is 8.92 Å². The molecule has 36 heavy (non-hydrogen) atoms. The molecule has 2 amide bonds. The maximum atomic E-state index is 13.1. The number of carbonyl (C=O) groups is 1. The molecule has 0 atom stereocenters. The lowest BCUT2D eigenvalue weighted by molar-refractivity contribution is 0.153. The highest BCUT2D eigenvalue weighted by molar-refractivity contribution is 7.87. The Balaban J connectivity index is 1.46. The van der Waals surface area contributed by atoms with Crippen LogP contribution in [0.2, 0.25) is 0 Å². The Bertz CT molecular complexity index is 1440. The fraction of sp³-hybridized carbons (Fsp3) is 0.148. The van der Waals surface area contributed by atoms with Crippen LogP contribution in [0.5, 0.6) is 5.75 Å². The van der Waals surface area contributed by atoms with E-state index in [1.54, 1.807) is 24.1 Å². The molecule has 1 N–H and O–H groups in total. The van der Waals surface area contributed by atoms with E-state index in [1.165, 1.54) is 12.1 Å². The summed E-state index contributed by atoms with van der Waals surface area (Å²) in [4.78, 5) is 14.6. The van der Waals surface area contributed by atoms with Crippen LogP contribution in [0, 0.1) is 5.82 Å². The van der Waals surface area contributed by atoms with Crippen molar-refractivity contribution in [1.82, 2.24) is 4.90 Å². The first-order valence-electron chi connectivity index (χ1n) is 11.2. The first-order valence-corrected chi connectivity index (χ1v) is 12.6. The number of fused-ring (bicyclic) bond motifs is 1. The Morgan fingerprint density at radius 1 is 0.917 bits per heavy atom. The fourth-order valence-corrected chi connectivity index (χ4v) is 4.56. The maximum Gasteiger partial charge on any atom is 0.339 e. The third-order valence-electron chi connectivity index (χ3n) is 5.49. The van der Waals surface area contributed by atoms with Gasteiger partial charge in [-0.25, -0.2) is 9.18 Å². The van der Waals surface area contributed by atoms with E-state index in [2.05, 4.69) is 5.32 Å². The Kier molecular flexibility index (Phi) is 7.82. The molecule has 4 aromatic carbocycles. The summed E-state index contributed by atoms with van der Waals surface area (Å²) in [7, 11) is -2.54. The molecule has 0 fully saturated rings. The van der Waals surface area contributed by atoms with Crippen LogP contribution in [0.15, 0.2) is 95.9 Å². The van der Waals surface area contributed by atoms with E-state index >= 15 is 0 Å². The molecule has 4 rings (SSSR count). The number of urea groups is 1. The minimum atomic E-state index is -4.10. The molecule has 0 saturated carbocycles. The molecular weight excluding hydrogens is 483 g/mol. The third-order valence-corrected chi connectivity index (χ3v) is 6.75. The van der Waals surface area contributed by atoms with E-state index in [-0.39, 0.29) is 23.2 Å². The highest BCUT2D eigenvalue weighted by Crippen LogP contribution is 2.24. The highest BCUT2D eigenvalue weighted by Gasteiger charge is 2.18. The lowest BCUT2D eigenvalue weighted by Crippen LogP contribution is -2.36. The number of rotatable bonds is 9. The SMILES string of the molecule is COCCN(Cc1ccc(OS(=O)(=O)c2ccc(F)cc2)cc1)C(=O)Nc1cccc2ccccc12. The van der Waals surface area contributed by atoms with E-state index in [0.717, 1.165) is 40.6 Å². The second-order valence-electron chi connectivity index (χ2n) is 8.01. The molecular formula is C27H25FN2O5S. The van der Waals surface area contributed by atoms with E-state index in [0.29, 0.717) is 18.8 Å². The van der Waals surface area contributed by atoms with Gasteiger partial charge in [0.05, 0.1) is 12.3 Å². The second kappa shape index (κ2) is 11.2. The Morgan fingerprint density at radius 3 is 2.33 bits per heavy atom. The average molecular weight is 509 g/mol. The first kappa shape index (κ1) is 25.2. The van der Waals surface area contributed by atoms with Crippen LogP contribution in [0.3, 0.4) is 0 Å². The number of halogens is 1. The fourth-order valence-electron chi connectivity index (χ4n) is 3.63. The predicted molar refractivity (Wildman–Crippen MR) is 136 cm³/mol. The number of methoxy groups -OCH3 is 1. The molecule has 0 heterocycles. The van der Waals surface area contributed by atoms with E-state index in [9.17, 15) is 17.6 Å². The van der Waals surface area contributed by atoms with Gasteiger partial charge in [-0.05, 0) is 53.4 Å². The van der Waals surface area contributed by atoms with Crippen molar-refractivity contribution in [2.24, 2.45) is 0 Å². The van der Waals surface area contributed by atoms with Gasteiger partial charge in [0.25, 0.3) is 0 Å². The highest BCUT2D eigenvalue weighted by atomic mass is 32.2. The normalized spacial score (nSPS) is 11.3. The molecule has 0 spiro atoms. The number of benzene rings is 4. The smallest absolute Gasteiger partial charge is 0.339 e. The summed E-state index contributed by atoms with van der Waals surface area (Å²) in [6.07, 6.45) is 0. The monoisotopic (exact) mass is 508 g/mol. The summed E-state index contributed by atoms with van der Waals surface area (Å²) in [5.74, 6) is -0.437. The molecule has 0 radical (unpaired) electrons. The van der Waals surface area contributed by atoms with Gasteiger partial charge in [-0.15, -0.1) is 0 Å².